The molecular weight excluding hydrogens is 219 g/mol. The number of aliphatic hydroxyl groups is 1. The number of ether oxygens (including phenoxy) is 1. The van der Waals surface area contributed by atoms with Crippen LogP contribution in [0.1, 0.15) is 24.0 Å². The summed E-state index contributed by atoms with van der Waals surface area (Å²) in [5.74, 6) is -0.204. The van der Waals surface area contributed by atoms with E-state index in [2.05, 4.69) is 0 Å². The van der Waals surface area contributed by atoms with E-state index in [9.17, 15) is 9.50 Å². The highest BCUT2D eigenvalue weighted by molar-refractivity contribution is 5.27. The number of aryl methyl sites for hydroxylation is 1. The molecule has 3 heteroatoms. The van der Waals surface area contributed by atoms with Gasteiger partial charge in [-0.3, -0.25) is 0 Å². The first kappa shape index (κ1) is 12.5. The zero-order chi connectivity index (χ0) is 12.3. The Bertz CT molecular complexity index is 384. The second-order valence-electron chi connectivity index (χ2n) is 5.06. The van der Waals surface area contributed by atoms with Gasteiger partial charge in [-0.05, 0) is 49.4 Å². The molecule has 2 nitrogen and oxygen atoms in total. The zero-order valence-corrected chi connectivity index (χ0v) is 10.2. The largest absolute Gasteiger partial charge is 0.396 e. The molecule has 17 heavy (non-hydrogen) atoms. The molecule has 1 saturated heterocycles. The second kappa shape index (κ2) is 5.15. The van der Waals surface area contributed by atoms with Crippen molar-refractivity contribution in [1.29, 1.82) is 0 Å². The lowest BCUT2D eigenvalue weighted by atomic mass is 9.77. The maximum atomic E-state index is 13.0. The number of rotatable bonds is 3. The van der Waals surface area contributed by atoms with E-state index in [0.29, 0.717) is 6.61 Å². The molecular formula is C14H19FO2. The van der Waals surface area contributed by atoms with E-state index in [1.165, 1.54) is 6.07 Å². The van der Waals surface area contributed by atoms with Crippen molar-refractivity contribution in [3.63, 3.8) is 0 Å². The van der Waals surface area contributed by atoms with Crippen LogP contribution in [0.15, 0.2) is 18.2 Å². The van der Waals surface area contributed by atoms with E-state index in [1.54, 1.807) is 6.07 Å². The van der Waals surface area contributed by atoms with Crippen molar-refractivity contribution in [2.45, 2.75) is 26.2 Å². The third kappa shape index (κ3) is 2.85. The Morgan fingerprint density at radius 2 is 2.29 bits per heavy atom. The van der Waals surface area contributed by atoms with E-state index in [4.69, 9.17) is 4.74 Å². The first-order chi connectivity index (χ1) is 8.15. The first-order valence-corrected chi connectivity index (χ1v) is 6.09. The monoisotopic (exact) mass is 238 g/mol. The van der Waals surface area contributed by atoms with E-state index in [1.807, 2.05) is 13.0 Å². The maximum Gasteiger partial charge on any atom is 0.123 e. The molecule has 0 aromatic heterocycles. The van der Waals surface area contributed by atoms with E-state index in [-0.39, 0.29) is 17.8 Å². The highest BCUT2D eigenvalue weighted by Gasteiger charge is 2.32. The van der Waals surface area contributed by atoms with Gasteiger partial charge in [-0.15, -0.1) is 0 Å². The van der Waals surface area contributed by atoms with Crippen LogP contribution in [0.4, 0.5) is 4.39 Å². The summed E-state index contributed by atoms with van der Waals surface area (Å²) in [6.07, 6.45) is 2.72. The SMILES string of the molecule is Cc1cc(F)ccc1CC1(CO)CCCOC1. The molecule has 1 N–H and O–H groups in total. The summed E-state index contributed by atoms with van der Waals surface area (Å²) < 4.78 is 18.5. The zero-order valence-electron chi connectivity index (χ0n) is 10.2. The topological polar surface area (TPSA) is 29.5 Å². The Balaban J connectivity index is 2.17. The Kier molecular flexibility index (Phi) is 3.79. The molecule has 94 valence electrons. The van der Waals surface area contributed by atoms with Gasteiger partial charge in [0.1, 0.15) is 5.82 Å². The van der Waals surface area contributed by atoms with Crippen molar-refractivity contribution in [2.75, 3.05) is 19.8 Å². The lowest BCUT2D eigenvalue weighted by Crippen LogP contribution is -2.37. The van der Waals surface area contributed by atoms with Gasteiger partial charge >= 0.3 is 0 Å². The van der Waals surface area contributed by atoms with Crippen molar-refractivity contribution in [3.8, 4) is 0 Å². The summed E-state index contributed by atoms with van der Waals surface area (Å²) in [6.45, 7) is 3.42. The third-order valence-electron chi connectivity index (χ3n) is 3.61. The highest BCUT2D eigenvalue weighted by Crippen LogP contribution is 2.33. The predicted molar refractivity (Wildman–Crippen MR) is 64.4 cm³/mol. The average molecular weight is 238 g/mol. The summed E-state index contributed by atoms with van der Waals surface area (Å²) in [6, 6.07) is 4.85. The quantitative estimate of drug-likeness (QED) is 0.876. The van der Waals surface area contributed by atoms with Gasteiger partial charge in [-0.25, -0.2) is 4.39 Å². The standard InChI is InChI=1S/C14H19FO2/c1-11-7-13(15)4-3-12(11)8-14(9-16)5-2-6-17-10-14/h3-4,7,16H,2,5-6,8-10H2,1H3. The number of benzene rings is 1. The van der Waals surface area contributed by atoms with Crippen LogP contribution in [0.3, 0.4) is 0 Å². The van der Waals surface area contributed by atoms with E-state index >= 15 is 0 Å². The summed E-state index contributed by atoms with van der Waals surface area (Å²) in [7, 11) is 0. The van der Waals surface area contributed by atoms with Gasteiger partial charge in [0.2, 0.25) is 0 Å². The smallest absolute Gasteiger partial charge is 0.123 e. The van der Waals surface area contributed by atoms with Crippen LogP contribution in [0, 0.1) is 18.2 Å². The van der Waals surface area contributed by atoms with E-state index in [0.717, 1.165) is 37.0 Å². The van der Waals surface area contributed by atoms with E-state index < -0.39 is 0 Å². The fourth-order valence-corrected chi connectivity index (χ4v) is 2.49. The summed E-state index contributed by atoms with van der Waals surface area (Å²) in [5.41, 5.74) is 1.87. The Labute approximate surface area is 101 Å². The van der Waals surface area contributed by atoms with Crippen LogP contribution in [-0.2, 0) is 11.2 Å². The molecule has 1 aliphatic rings. The fourth-order valence-electron chi connectivity index (χ4n) is 2.49. The summed E-state index contributed by atoms with van der Waals surface area (Å²) >= 11 is 0. The molecule has 1 aromatic rings. The van der Waals surface area contributed by atoms with Gasteiger partial charge in [0, 0.05) is 12.0 Å². The van der Waals surface area contributed by atoms with Crippen molar-refractivity contribution >= 4 is 0 Å². The van der Waals surface area contributed by atoms with Gasteiger partial charge in [0.05, 0.1) is 13.2 Å². The predicted octanol–water partition coefficient (Wildman–Crippen LogP) is 2.47. The minimum absolute atomic E-state index is 0.129. The van der Waals surface area contributed by atoms with Crippen molar-refractivity contribution in [1.82, 2.24) is 0 Å². The minimum Gasteiger partial charge on any atom is -0.396 e. The van der Waals surface area contributed by atoms with Gasteiger partial charge in [0.25, 0.3) is 0 Å². The molecule has 0 aliphatic carbocycles. The van der Waals surface area contributed by atoms with Crippen molar-refractivity contribution in [2.24, 2.45) is 5.41 Å². The lowest BCUT2D eigenvalue weighted by Gasteiger charge is -2.35. The third-order valence-corrected chi connectivity index (χ3v) is 3.61. The van der Waals surface area contributed by atoms with Crippen LogP contribution in [0.5, 0.6) is 0 Å². The second-order valence-corrected chi connectivity index (χ2v) is 5.06. The molecule has 2 rings (SSSR count). The Morgan fingerprint density at radius 3 is 2.88 bits per heavy atom. The molecule has 0 radical (unpaired) electrons. The molecule has 1 heterocycles. The molecule has 1 atom stereocenters. The molecule has 1 fully saturated rings. The normalized spacial score (nSPS) is 24.9. The Morgan fingerprint density at radius 1 is 1.47 bits per heavy atom. The minimum atomic E-state index is -0.204. The molecule has 1 unspecified atom stereocenters. The first-order valence-electron chi connectivity index (χ1n) is 6.09. The number of aliphatic hydroxyl groups excluding tert-OH is 1. The average Bonchev–Trinajstić information content (AvgIpc) is 2.34. The number of hydrogen-bond donors (Lipinski definition) is 1. The molecule has 1 aliphatic heterocycles. The van der Waals surface area contributed by atoms with Crippen molar-refractivity contribution < 1.29 is 14.2 Å². The summed E-state index contributed by atoms with van der Waals surface area (Å²) in [5, 5.41) is 9.59. The Hall–Kier alpha value is -0.930. The number of hydrogen-bond acceptors (Lipinski definition) is 2. The van der Waals surface area contributed by atoms with Gasteiger partial charge in [-0.1, -0.05) is 6.07 Å². The van der Waals surface area contributed by atoms with Gasteiger partial charge < -0.3 is 9.84 Å². The van der Waals surface area contributed by atoms with Gasteiger partial charge in [-0.2, -0.15) is 0 Å². The molecule has 0 saturated carbocycles. The van der Waals surface area contributed by atoms with Crippen molar-refractivity contribution in [3.05, 3.63) is 35.1 Å². The number of halogens is 1. The van der Waals surface area contributed by atoms with Crippen LogP contribution in [0.2, 0.25) is 0 Å². The lowest BCUT2D eigenvalue weighted by molar-refractivity contribution is -0.0379. The molecule has 0 bridgehead atoms. The van der Waals surface area contributed by atoms with Crippen LogP contribution in [-0.4, -0.2) is 24.9 Å². The fraction of sp³-hybridized carbons (Fsp3) is 0.571. The highest BCUT2D eigenvalue weighted by atomic mass is 19.1. The molecule has 1 aromatic carbocycles. The molecule has 0 amide bonds. The van der Waals surface area contributed by atoms with Gasteiger partial charge in [0.15, 0.2) is 0 Å². The summed E-state index contributed by atoms with van der Waals surface area (Å²) in [4.78, 5) is 0. The van der Waals surface area contributed by atoms with Crippen LogP contribution in [0.25, 0.3) is 0 Å². The van der Waals surface area contributed by atoms with Crippen LogP contribution < -0.4 is 0 Å². The van der Waals surface area contributed by atoms with Crippen LogP contribution >= 0.6 is 0 Å². The molecule has 0 spiro atoms. The maximum absolute atomic E-state index is 13.0.